The van der Waals surface area contributed by atoms with E-state index in [-0.39, 0.29) is 19.1 Å². The number of piperidine rings is 1. The number of nitrogens with zero attached hydrogens (tertiary/aromatic N) is 2. The second kappa shape index (κ2) is 5.77. The van der Waals surface area contributed by atoms with Gasteiger partial charge in [0, 0.05) is 25.4 Å². The summed E-state index contributed by atoms with van der Waals surface area (Å²) in [6, 6.07) is 7.83. The van der Waals surface area contributed by atoms with Crippen LogP contribution in [0.2, 0.25) is 0 Å². The molecule has 1 aromatic carbocycles. The number of benzene rings is 1. The van der Waals surface area contributed by atoms with E-state index in [0.29, 0.717) is 19.8 Å². The smallest absolute Gasteiger partial charge is 0.322 e. The van der Waals surface area contributed by atoms with Crippen molar-refractivity contribution in [3.8, 4) is 0 Å². The van der Waals surface area contributed by atoms with Crippen LogP contribution in [0.1, 0.15) is 36.9 Å². The van der Waals surface area contributed by atoms with Crippen molar-refractivity contribution in [3.63, 3.8) is 0 Å². The van der Waals surface area contributed by atoms with Gasteiger partial charge >= 0.3 is 5.92 Å². The van der Waals surface area contributed by atoms with Gasteiger partial charge in [0.15, 0.2) is 0 Å². The summed E-state index contributed by atoms with van der Waals surface area (Å²) >= 11 is 0. The minimum Gasteiger partial charge on any atom is -0.390 e. The summed E-state index contributed by atoms with van der Waals surface area (Å²) < 4.78 is 26.6. The highest BCUT2D eigenvalue weighted by molar-refractivity contribution is 5.83. The van der Waals surface area contributed by atoms with Crippen LogP contribution in [0, 0.1) is 0 Å². The van der Waals surface area contributed by atoms with Crippen LogP contribution in [0.5, 0.6) is 0 Å². The fraction of sp³-hybridized carbons (Fsp3) is 0.611. The second-order valence-corrected chi connectivity index (χ2v) is 7.28. The summed E-state index contributed by atoms with van der Waals surface area (Å²) in [5, 5.41) is 11.0. The first kappa shape index (κ1) is 17.3. The van der Waals surface area contributed by atoms with Crippen LogP contribution in [0.4, 0.5) is 8.78 Å². The summed E-state index contributed by atoms with van der Waals surface area (Å²) in [6.45, 7) is 1.13. The normalized spacial score (nSPS) is 26.0. The molecule has 3 rings (SSSR count). The van der Waals surface area contributed by atoms with Crippen molar-refractivity contribution in [1.29, 1.82) is 0 Å². The zero-order valence-corrected chi connectivity index (χ0v) is 14.3. The first-order chi connectivity index (χ1) is 11.2. The molecular formula is C18H24F2N2O2. The van der Waals surface area contributed by atoms with Crippen LogP contribution in [-0.2, 0) is 10.2 Å². The molecule has 1 aliphatic heterocycles. The van der Waals surface area contributed by atoms with Gasteiger partial charge in [0.1, 0.15) is 0 Å². The predicted octanol–water partition coefficient (Wildman–Crippen LogP) is 2.18. The van der Waals surface area contributed by atoms with Crippen LogP contribution < -0.4 is 0 Å². The maximum atomic E-state index is 13.3. The zero-order valence-electron chi connectivity index (χ0n) is 14.3. The monoisotopic (exact) mass is 338 g/mol. The maximum Gasteiger partial charge on any atom is 0.322 e. The molecule has 0 unspecified atom stereocenters. The third kappa shape index (κ3) is 2.52. The minimum absolute atomic E-state index is 0.115. The van der Waals surface area contributed by atoms with Gasteiger partial charge in [-0.1, -0.05) is 24.3 Å². The fourth-order valence-electron chi connectivity index (χ4n) is 4.35. The number of fused-ring (bicyclic) bond motifs is 2. The molecule has 2 aliphatic rings. The number of likely N-dealkylation sites (tertiary alicyclic amines) is 1. The van der Waals surface area contributed by atoms with Gasteiger partial charge in [-0.15, -0.1) is 0 Å². The van der Waals surface area contributed by atoms with Gasteiger partial charge in [0.05, 0.1) is 12.1 Å². The number of aliphatic hydroxyl groups excluding tert-OH is 1. The molecule has 24 heavy (non-hydrogen) atoms. The lowest BCUT2D eigenvalue weighted by atomic mass is 9.72. The lowest BCUT2D eigenvalue weighted by molar-refractivity contribution is -0.157. The number of carbonyl (C=O) groups is 1. The van der Waals surface area contributed by atoms with Crippen molar-refractivity contribution in [1.82, 2.24) is 9.80 Å². The summed E-state index contributed by atoms with van der Waals surface area (Å²) in [4.78, 5) is 15.0. The Morgan fingerprint density at radius 2 is 1.88 bits per heavy atom. The van der Waals surface area contributed by atoms with Crippen molar-refractivity contribution >= 4 is 5.91 Å². The maximum absolute atomic E-state index is 13.3. The number of rotatable bonds is 2. The third-order valence-electron chi connectivity index (χ3n) is 5.56. The molecule has 1 fully saturated rings. The summed E-state index contributed by atoms with van der Waals surface area (Å²) in [5.74, 6) is -4.47. The highest BCUT2D eigenvalue weighted by Crippen LogP contribution is 2.52. The minimum atomic E-state index is -3.34. The van der Waals surface area contributed by atoms with E-state index in [9.17, 15) is 18.7 Å². The predicted molar refractivity (Wildman–Crippen MR) is 87.0 cm³/mol. The van der Waals surface area contributed by atoms with E-state index in [4.69, 9.17) is 0 Å². The standard InChI is InChI=1S/C18H24F2N2O2/c1-17(19,20)16(24)22-10-8-18(9-11-22)13-7-5-4-6-12(13)14(15(18)23)21(2)3/h4-7,14-15,23H,8-11H2,1-3H3/t14-,15+/m1/s1. The highest BCUT2D eigenvalue weighted by Gasteiger charge is 2.54. The number of hydrogen-bond donors (Lipinski definition) is 1. The number of hydrogen-bond acceptors (Lipinski definition) is 3. The lowest BCUT2D eigenvalue weighted by Gasteiger charge is -2.43. The molecule has 1 spiro atoms. The van der Waals surface area contributed by atoms with E-state index in [1.54, 1.807) is 0 Å². The van der Waals surface area contributed by atoms with Crippen LogP contribution >= 0.6 is 0 Å². The van der Waals surface area contributed by atoms with Crippen molar-refractivity contribution in [2.45, 2.75) is 43.2 Å². The van der Waals surface area contributed by atoms with Crippen LogP contribution in [0.3, 0.4) is 0 Å². The summed E-state index contributed by atoms with van der Waals surface area (Å²) in [6.07, 6.45) is 0.388. The van der Waals surface area contributed by atoms with Gasteiger partial charge in [-0.05, 0) is 38.1 Å². The van der Waals surface area contributed by atoms with E-state index >= 15 is 0 Å². The Morgan fingerprint density at radius 1 is 1.29 bits per heavy atom. The number of alkyl halides is 2. The van der Waals surface area contributed by atoms with Gasteiger partial charge < -0.3 is 14.9 Å². The van der Waals surface area contributed by atoms with Crippen LogP contribution in [0.25, 0.3) is 0 Å². The molecule has 1 saturated heterocycles. The molecule has 0 aromatic heterocycles. The van der Waals surface area contributed by atoms with Crippen molar-refractivity contribution in [2.75, 3.05) is 27.2 Å². The molecule has 0 bridgehead atoms. The van der Waals surface area contributed by atoms with E-state index in [0.717, 1.165) is 11.1 Å². The topological polar surface area (TPSA) is 43.8 Å². The molecule has 132 valence electrons. The second-order valence-electron chi connectivity index (χ2n) is 7.28. The molecule has 0 saturated carbocycles. The Hall–Kier alpha value is -1.53. The van der Waals surface area contributed by atoms with Gasteiger partial charge in [-0.3, -0.25) is 4.79 Å². The first-order valence-electron chi connectivity index (χ1n) is 8.29. The zero-order chi connectivity index (χ0) is 17.7. The molecule has 1 amide bonds. The van der Waals surface area contributed by atoms with Gasteiger partial charge in [-0.2, -0.15) is 8.78 Å². The SMILES string of the molecule is CN(C)[C@@H]1c2ccccc2C2(CCN(C(=O)C(C)(F)F)CC2)[C@H]1O. The largest absolute Gasteiger partial charge is 0.390 e. The number of likely N-dealkylation sites (N-methyl/N-ethyl adjacent to an activating group) is 1. The summed E-state index contributed by atoms with van der Waals surface area (Å²) in [5.41, 5.74) is 1.72. The third-order valence-corrected chi connectivity index (χ3v) is 5.56. The number of carbonyl (C=O) groups excluding carboxylic acids is 1. The Bertz CT molecular complexity index is 634. The van der Waals surface area contributed by atoms with Crippen molar-refractivity contribution in [2.24, 2.45) is 0 Å². The Morgan fingerprint density at radius 3 is 2.42 bits per heavy atom. The quantitative estimate of drug-likeness (QED) is 0.899. The number of amides is 1. The number of halogens is 2. The van der Waals surface area contributed by atoms with Gasteiger partial charge in [-0.25, -0.2) is 0 Å². The molecule has 6 heteroatoms. The first-order valence-corrected chi connectivity index (χ1v) is 8.29. The summed E-state index contributed by atoms with van der Waals surface area (Å²) in [7, 11) is 3.86. The van der Waals surface area contributed by atoms with E-state index in [2.05, 4.69) is 0 Å². The molecule has 1 aromatic rings. The molecule has 2 atom stereocenters. The molecular weight excluding hydrogens is 314 g/mol. The van der Waals surface area contributed by atoms with Crippen LogP contribution in [0.15, 0.2) is 24.3 Å². The van der Waals surface area contributed by atoms with Gasteiger partial charge in [0.25, 0.3) is 5.91 Å². The van der Waals surface area contributed by atoms with E-state index in [1.165, 1.54) is 4.90 Å². The van der Waals surface area contributed by atoms with E-state index < -0.39 is 23.3 Å². The van der Waals surface area contributed by atoms with Crippen molar-refractivity contribution in [3.05, 3.63) is 35.4 Å². The Labute approximate surface area is 141 Å². The Balaban J connectivity index is 1.89. The van der Waals surface area contributed by atoms with E-state index in [1.807, 2.05) is 43.3 Å². The van der Waals surface area contributed by atoms with Crippen LogP contribution in [-0.4, -0.2) is 60.0 Å². The van der Waals surface area contributed by atoms with Crippen molar-refractivity contribution < 1.29 is 18.7 Å². The number of aliphatic hydroxyl groups is 1. The average Bonchev–Trinajstić information content (AvgIpc) is 2.76. The fourth-order valence-corrected chi connectivity index (χ4v) is 4.35. The molecule has 1 aliphatic carbocycles. The lowest BCUT2D eigenvalue weighted by Crippen LogP contribution is -2.53. The Kier molecular flexibility index (Phi) is 4.16. The molecule has 4 nitrogen and oxygen atoms in total. The van der Waals surface area contributed by atoms with Gasteiger partial charge in [0.2, 0.25) is 0 Å². The molecule has 1 N–H and O–H groups in total. The average molecular weight is 338 g/mol. The molecule has 1 heterocycles. The highest BCUT2D eigenvalue weighted by atomic mass is 19.3. The molecule has 0 radical (unpaired) electrons.